The quantitative estimate of drug-likeness (QED) is 0.726. The van der Waals surface area contributed by atoms with E-state index in [1.165, 1.54) is 51.6 Å². The first-order chi connectivity index (χ1) is 7.84. The predicted octanol–water partition coefficient (Wildman–Crippen LogP) is 2.83. The van der Waals surface area contributed by atoms with Crippen LogP contribution >= 0.6 is 0 Å². The van der Waals surface area contributed by atoms with E-state index in [0.29, 0.717) is 0 Å². The Bertz CT molecular complexity index is 189. The molecule has 0 aromatic heterocycles. The summed E-state index contributed by atoms with van der Waals surface area (Å²) in [7, 11) is 0. The van der Waals surface area contributed by atoms with Crippen molar-refractivity contribution in [1.29, 1.82) is 0 Å². The van der Waals surface area contributed by atoms with Crippen molar-refractivity contribution in [2.75, 3.05) is 26.3 Å². The van der Waals surface area contributed by atoms with E-state index in [2.05, 4.69) is 12.2 Å². The molecule has 1 saturated heterocycles. The van der Waals surface area contributed by atoms with Crippen LogP contribution in [0, 0.1) is 17.8 Å². The first kappa shape index (κ1) is 12.4. The Hall–Kier alpha value is -0.0800. The van der Waals surface area contributed by atoms with Crippen LogP contribution in [0.5, 0.6) is 0 Å². The Balaban J connectivity index is 1.50. The zero-order valence-electron chi connectivity index (χ0n) is 10.7. The van der Waals surface area contributed by atoms with Gasteiger partial charge in [-0.15, -0.1) is 0 Å². The second kappa shape index (κ2) is 6.61. The number of hydrogen-bond donors (Lipinski definition) is 1. The van der Waals surface area contributed by atoms with E-state index in [0.717, 1.165) is 31.0 Å². The van der Waals surface area contributed by atoms with Crippen LogP contribution in [0.3, 0.4) is 0 Å². The van der Waals surface area contributed by atoms with Gasteiger partial charge in [-0.2, -0.15) is 0 Å². The highest BCUT2D eigenvalue weighted by Gasteiger charge is 2.19. The van der Waals surface area contributed by atoms with Gasteiger partial charge < -0.3 is 10.1 Å². The molecule has 2 heteroatoms. The second-order valence-corrected chi connectivity index (χ2v) is 5.86. The third-order valence-corrected chi connectivity index (χ3v) is 4.23. The van der Waals surface area contributed by atoms with Gasteiger partial charge in [0.2, 0.25) is 0 Å². The molecule has 16 heavy (non-hydrogen) atoms. The zero-order chi connectivity index (χ0) is 11.2. The highest BCUT2D eigenvalue weighted by molar-refractivity contribution is 4.72. The van der Waals surface area contributed by atoms with Gasteiger partial charge in [0.05, 0.1) is 6.61 Å². The van der Waals surface area contributed by atoms with Gasteiger partial charge in [0.15, 0.2) is 0 Å². The smallest absolute Gasteiger partial charge is 0.0507 e. The van der Waals surface area contributed by atoms with E-state index in [1.54, 1.807) is 0 Å². The van der Waals surface area contributed by atoms with Gasteiger partial charge in [-0.25, -0.2) is 0 Å². The van der Waals surface area contributed by atoms with Crippen molar-refractivity contribution in [1.82, 2.24) is 5.32 Å². The average Bonchev–Trinajstić information content (AvgIpc) is 2.77. The second-order valence-electron chi connectivity index (χ2n) is 5.86. The van der Waals surface area contributed by atoms with E-state index in [4.69, 9.17) is 4.74 Å². The molecule has 2 rings (SSSR count). The number of nitrogens with one attached hydrogen (secondary N) is 1. The summed E-state index contributed by atoms with van der Waals surface area (Å²) in [4.78, 5) is 0. The van der Waals surface area contributed by atoms with Gasteiger partial charge in [0.25, 0.3) is 0 Å². The highest BCUT2D eigenvalue weighted by atomic mass is 16.5. The van der Waals surface area contributed by atoms with E-state index in [1.807, 2.05) is 0 Å². The lowest BCUT2D eigenvalue weighted by molar-refractivity contribution is 0.185. The number of rotatable bonds is 5. The van der Waals surface area contributed by atoms with E-state index in [-0.39, 0.29) is 0 Å². The summed E-state index contributed by atoms with van der Waals surface area (Å²) in [6.45, 7) is 6.76. The molecule has 3 unspecified atom stereocenters. The maximum Gasteiger partial charge on any atom is 0.0507 e. The number of ether oxygens (including phenoxy) is 1. The fourth-order valence-electron chi connectivity index (χ4n) is 3.18. The van der Waals surface area contributed by atoms with Gasteiger partial charge in [0, 0.05) is 13.2 Å². The Labute approximate surface area is 100 Å². The van der Waals surface area contributed by atoms with Crippen molar-refractivity contribution in [3.05, 3.63) is 0 Å². The van der Waals surface area contributed by atoms with Gasteiger partial charge >= 0.3 is 0 Å². The van der Waals surface area contributed by atoms with Crippen molar-refractivity contribution in [3.63, 3.8) is 0 Å². The standard InChI is InChI=1S/C14H27NO/c1-12-3-2-4-13(9-12)5-7-15-10-14-6-8-16-11-14/h12-15H,2-11H2,1H3. The van der Waals surface area contributed by atoms with Crippen LogP contribution in [0.2, 0.25) is 0 Å². The lowest BCUT2D eigenvalue weighted by Crippen LogP contribution is -2.26. The van der Waals surface area contributed by atoms with Crippen molar-refractivity contribution < 1.29 is 4.74 Å². The topological polar surface area (TPSA) is 21.3 Å². The maximum absolute atomic E-state index is 5.38. The lowest BCUT2D eigenvalue weighted by Gasteiger charge is -2.26. The Kier molecular flexibility index (Phi) is 5.11. The monoisotopic (exact) mass is 225 g/mol. The predicted molar refractivity (Wildman–Crippen MR) is 67.5 cm³/mol. The minimum absolute atomic E-state index is 0.783. The van der Waals surface area contributed by atoms with Crippen molar-refractivity contribution in [2.45, 2.75) is 45.4 Å². The van der Waals surface area contributed by atoms with Crippen molar-refractivity contribution in [3.8, 4) is 0 Å². The van der Waals surface area contributed by atoms with Crippen LogP contribution in [0.25, 0.3) is 0 Å². The fraction of sp³-hybridized carbons (Fsp3) is 1.00. The van der Waals surface area contributed by atoms with Crippen LogP contribution in [-0.2, 0) is 4.74 Å². The van der Waals surface area contributed by atoms with E-state index in [9.17, 15) is 0 Å². The van der Waals surface area contributed by atoms with Crippen LogP contribution < -0.4 is 5.32 Å². The molecule has 0 spiro atoms. The molecule has 0 amide bonds. The molecule has 0 aromatic carbocycles. The molecule has 3 atom stereocenters. The van der Waals surface area contributed by atoms with Crippen LogP contribution in [0.1, 0.15) is 45.4 Å². The molecule has 94 valence electrons. The molecule has 2 nitrogen and oxygen atoms in total. The Morgan fingerprint density at radius 1 is 1.19 bits per heavy atom. The van der Waals surface area contributed by atoms with Gasteiger partial charge in [0.1, 0.15) is 0 Å². The average molecular weight is 225 g/mol. The summed E-state index contributed by atoms with van der Waals surface area (Å²) in [5.74, 6) is 2.75. The molecule has 1 aliphatic heterocycles. The minimum atomic E-state index is 0.783. The molecule has 0 bridgehead atoms. The van der Waals surface area contributed by atoms with Gasteiger partial charge in [-0.3, -0.25) is 0 Å². The van der Waals surface area contributed by atoms with E-state index < -0.39 is 0 Å². The molecular weight excluding hydrogens is 198 g/mol. The molecular formula is C14H27NO. The molecule has 1 heterocycles. The van der Waals surface area contributed by atoms with Crippen LogP contribution in [-0.4, -0.2) is 26.3 Å². The molecule has 0 radical (unpaired) electrons. The number of hydrogen-bond acceptors (Lipinski definition) is 2. The summed E-state index contributed by atoms with van der Waals surface area (Å²) >= 11 is 0. The van der Waals surface area contributed by atoms with Crippen molar-refractivity contribution >= 4 is 0 Å². The zero-order valence-corrected chi connectivity index (χ0v) is 10.7. The molecule has 0 aromatic rings. The fourth-order valence-corrected chi connectivity index (χ4v) is 3.18. The molecule has 1 aliphatic carbocycles. The third kappa shape index (κ3) is 4.06. The van der Waals surface area contributed by atoms with Crippen molar-refractivity contribution in [2.24, 2.45) is 17.8 Å². The van der Waals surface area contributed by atoms with Crippen LogP contribution in [0.15, 0.2) is 0 Å². The Morgan fingerprint density at radius 3 is 2.88 bits per heavy atom. The summed E-state index contributed by atoms with van der Waals surface area (Å²) in [5.41, 5.74) is 0. The van der Waals surface area contributed by atoms with Gasteiger partial charge in [-0.1, -0.05) is 26.2 Å². The highest BCUT2D eigenvalue weighted by Crippen LogP contribution is 2.30. The minimum Gasteiger partial charge on any atom is -0.381 e. The maximum atomic E-state index is 5.38. The molecule has 2 aliphatic rings. The van der Waals surface area contributed by atoms with Gasteiger partial charge in [-0.05, 0) is 43.6 Å². The summed E-state index contributed by atoms with van der Waals surface area (Å²) in [6.07, 6.45) is 8.50. The normalized spacial score (nSPS) is 35.4. The Morgan fingerprint density at radius 2 is 2.12 bits per heavy atom. The largest absolute Gasteiger partial charge is 0.381 e. The summed E-state index contributed by atoms with van der Waals surface area (Å²) < 4.78 is 5.38. The third-order valence-electron chi connectivity index (χ3n) is 4.23. The van der Waals surface area contributed by atoms with Crippen LogP contribution in [0.4, 0.5) is 0 Å². The molecule has 1 saturated carbocycles. The molecule has 2 fully saturated rings. The molecule has 1 N–H and O–H groups in total. The SMILES string of the molecule is CC1CCCC(CCNCC2CCOC2)C1. The lowest BCUT2D eigenvalue weighted by atomic mass is 9.81. The first-order valence-electron chi connectivity index (χ1n) is 7.13. The summed E-state index contributed by atoms with van der Waals surface area (Å²) in [5, 5.41) is 3.61. The van der Waals surface area contributed by atoms with E-state index >= 15 is 0 Å². The summed E-state index contributed by atoms with van der Waals surface area (Å²) in [6, 6.07) is 0. The first-order valence-corrected chi connectivity index (χ1v) is 7.13.